The zero-order valence-electron chi connectivity index (χ0n) is 21.6. The van der Waals surface area contributed by atoms with Gasteiger partial charge in [-0.05, 0) is 88.6 Å². The molecule has 0 amide bonds. The summed E-state index contributed by atoms with van der Waals surface area (Å²) < 4.78 is 0. The van der Waals surface area contributed by atoms with Crippen LogP contribution < -0.4 is 0 Å². The number of phenols is 3. The highest BCUT2D eigenvalue weighted by Crippen LogP contribution is 2.41. The lowest BCUT2D eigenvalue weighted by Crippen LogP contribution is -2.09. The van der Waals surface area contributed by atoms with Crippen molar-refractivity contribution in [3.05, 3.63) is 86.5 Å². The molecule has 3 aromatic rings. The van der Waals surface area contributed by atoms with Gasteiger partial charge in [-0.15, -0.1) is 0 Å². The molecule has 0 aliphatic rings. The van der Waals surface area contributed by atoms with Crippen LogP contribution in [0.25, 0.3) is 0 Å². The third-order valence-corrected chi connectivity index (χ3v) is 7.16. The van der Waals surface area contributed by atoms with Crippen molar-refractivity contribution in [1.29, 1.82) is 0 Å². The summed E-state index contributed by atoms with van der Waals surface area (Å²) in [7, 11) is 0. The lowest BCUT2D eigenvalue weighted by Gasteiger charge is -2.25. The van der Waals surface area contributed by atoms with Gasteiger partial charge in [-0.3, -0.25) is 0 Å². The summed E-state index contributed by atoms with van der Waals surface area (Å²) >= 11 is 0. The average molecular weight is 461 g/mol. The molecule has 3 aromatic carbocycles. The number of hydrogen-bond acceptors (Lipinski definition) is 3. The summed E-state index contributed by atoms with van der Waals surface area (Å²) in [6, 6.07) is 12.8. The van der Waals surface area contributed by atoms with E-state index < -0.39 is 0 Å². The molecule has 0 saturated carbocycles. The predicted octanol–water partition coefficient (Wildman–Crippen LogP) is 7.36. The molecule has 34 heavy (non-hydrogen) atoms. The smallest absolute Gasteiger partial charge is 0.121 e. The van der Waals surface area contributed by atoms with Gasteiger partial charge in [0.05, 0.1) is 0 Å². The zero-order chi connectivity index (χ0) is 25.0. The van der Waals surface area contributed by atoms with Crippen LogP contribution in [0.5, 0.6) is 17.2 Å². The molecule has 0 aliphatic heterocycles. The van der Waals surface area contributed by atoms with Gasteiger partial charge in [-0.2, -0.15) is 0 Å². The second-order valence-electron chi connectivity index (χ2n) is 9.12. The first-order chi connectivity index (χ1) is 16.3. The molecule has 0 unspecified atom stereocenters. The molecule has 3 heteroatoms. The molecule has 0 bridgehead atoms. The Morgan fingerprint density at radius 3 is 0.735 bits per heavy atom. The van der Waals surface area contributed by atoms with E-state index in [4.69, 9.17) is 0 Å². The van der Waals surface area contributed by atoms with E-state index in [1.165, 1.54) is 0 Å². The summed E-state index contributed by atoms with van der Waals surface area (Å²) in [5.41, 5.74) is 9.13. The SMILES string of the molecule is CCc1cc(C(c2cc(CC)c(O)c(CC)c2)c2cc(CC)c(O)c(CC)c2)cc(CC)c1O. The Kier molecular flexibility index (Phi) is 8.30. The Morgan fingerprint density at radius 2 is 0.588 bits per heavy atom. The minimum Gasteiger partial charge on any atom is -0.507 e. The fourth-order valence-electron chi connectivity index (χ4n) is 5.06. The number of aryl methyl sites for hydroxylation is 6. The highest BCUT2D eigenvalue weighted by molar-refractivity contribution is 5.56. The van der Waals surface area contributed by atoms with E-state index in [9.17, 15) is 15.3 Å². The Labute approximate surface area is 205 Å². The van der Waals surface area contributed by atoms with Crippen LogP contribution in [-0.2, 0) is 38.5 Å². The largest absolute Gasteiger partial charge is 0.507 e. The summed E-state index contributed by atoms with van der Waals surface area (Å²) in [4.78, 5) is 0. The molecule has 0 radical (unpaired) electrons. The molecule has 3 nitrogen and oxygen atoms in total. The van der Waals surface area contributed by atoms with Crippen molar-refractivity contribution in [2.45, 2.75) is 86.0 Å². The van der Waals surface area contributed by atoms with Crippen molar-refractivity contribution >= 4 is 0 Å². The molecular formula is C31H40O3. The molecule has 182 valence electrons. The number of aromatic hydroxyl groups is 3. The van der Waals surface area contributed by atoms with Crippen LogP contribution in [0.2, 0.25) is 0 Å². The van der Waals surface area contributed by atoms with Crippen LogP contribution in [0.1, 0.15) is 97.5 Å². The van der Waals surface area contributed by atoms with E-state index in [0.717, 1.165) is 88.6 Å². The second kappa shape index (κ2) is 11.0. The quantitative estimate of drug-likeness (QED) is 0.292. The van der Waals surface area contributed by atoms with Gasteiger partial charge in [0, 0.05) is 5.92 Å². The topological polar surface area (TPSA) is 60.7 Å². The van der Waals surface area contributed by atoms with Gasteiger partial charge in [0.2, 0.25) is 0 Å². The van der Waals surface area contributed by atoms with Crippen molar-refractivity contribution < 1.29 is 15.3 Å². The highest BCUT2D eigenvalue weighted by atomic mass is 16.3. The van der Waals surface area contributed by atoms with Crippen LogP contribution >= 0.6 is 0 Å². The van der Waals surface area contributed by atoms with Crippen LogP contribution in [0.15, 0.2) is 36.4 Å². The maximum absolute atomic E-state index is 10.8. The van der Waals surface area contributed by atoms with Crippen LogP contribution in [0.3, 0.4) is 0 Å². The van der Waals surface area contributed by atoms with E-state index in [1.54, 1.807) is 0 Å². The number of benzene rings is 3. The van der Waals surface area contributed by atoms with Gasteiger partial charge in [-0.1, -0.05) is 77.9 Å². The Balaban J connectivity index is 2.40. The highest BCUT2D eigenvalue weighted by Gasteiger charge is 2.24. The number of phenolic OH excluding ortho intramolecular Hbond substituents is 3. The first-order valence-corrected chi connectivity index (χ1v) is 12.9. The molecular weight excluding hydrogens is 420 g/mol. The first-order valence-electron chi connectivity index (χ1n) is 12.9. The summed E-state index contributed by atoms with van der Waals surface area (Å²) in [5.74, 6) is 1.13. The van der Waals surface area contributed by atoms with E-state index >= 15 is 0 Å². The standard InChI is InChI=1S/C31H40O3/c1-7-19-13-25(14-20(8-2)29(19)32)28(26-15-21(9-3)30(33)22(10-4)16-26)27-17-23(11-5)31(34)24(12-6)18-27/h13-18,28,32-34H,7-12H2,1-6H3. The van der Waals surface area contributed by atoms with Gasteiger partial charge in [0.15, 0.2) is 0 Å². The Morgan fingerprint density at radius 1 is 0.412 bits per heavy atom. The van der Waals surface area contributed by atoms with Crippen molar-refractivity contribution in [3.63, 3.8) is 0 Å². The van der Waals surface area contributed by atoms with Crippen molar-refractivity contribution in [3.8, 4) is 17.2 Å². The fourth-order valence-corrected chi connectivity index (χ4v) is 5.06. The lowest BCUT2D eigenvalue weighted by atomic mass is 9.80. The minimum absolute atomic E-state index is 0.0661. The third kappa shape index (κ3) is 4.80. The summed E-state index contributed by atoms with van der Waals surface area (Å²) in [6.07, 6.45) is 4.53. The molecule has 0 heterocycles. The predicted molar refractivity (Wildman–Crippen MR) is 142 cm³/mol. The maximum Gasteiger partial charge on any atom is 0.121 e. The van der Waals surface area contributed by atoms with E-state index in [2.05, 4.69) is 77.9 Å². The molecule has 0 aromatic heterocycles. The van der Waals surface area contributed by atoms with Gasteiger partial charge in [0.25, 0.3) is 0 Å². The van der Waals surface area contributed by atoms with E-state index in [-0.39, 0.29) is 5.92 Å². The summed E-state index contributed by atoms with van der Waals surface area (Å²) in [6.45, 7) is 12.4. The molecule has 0 atom stereocenters. The normalized spacial score (nSPS) is 11.4. The van der Waals surface area contributed by atoms with Gasteiger partial charge < -0.3 is 15.3 Å². The Bertz CT molecular complexity index is 938. The third-order valence-electron chi connectivity index (χ3n) is 7.16. The monoisotopic (exact) mass is 460 g/mol. The summed E-state index contributed by atoms with van der Waals surface area (Å²) in [5, 5.41) is 32.3. The van der Waals surface area contributed by atoms with Crippen LogP contribution in [-0.4, -0.2) is 15.3 Å². The molecule has 0 fully saturated rings. The molecule has 0 spiro atoms. The molecule has 0 saturated heterocycles. The fraction of sp³-hybridized carbons (Fsp3) is 0.419. The Hall–Kier alpha value is -2.94. The van der Waals surface area contributed by atoms with Gasteiger partial charge in [0.1, 0.15) is 17.2 Å². The lowest BCUT2D eigenvalue weighted by molar-refractivity contribution is 0.462. The maximum atomic E-state index is 10.8. The van der Waals surface area contributed by atoms with Crippen molar-refractivity contribution in [1.82, 2.24) is 0 Å². The van der Waals surface area contributed by atoms with Gasteiger partial charge >= 0.3 is 0 Å². The van der Waals surface area contributed by atoms with Crippen molar-refractivity contribution in [2.24, 2.45) is 0 Å². The van der Waals surface area contributed by atoms with Crippen LogP contribution in [0.4, 0.5) is 0 Å². The minimum atomic E-state index is -0.0661. The second-order valence-corrected chi connectivity index (χ2v) is 9.12. The average Bonchev–Trinajstić information content (AvgIpc) is 2.86. The molecule has 3 N–H and O–H groups in total. The zero-order valence-corrected chi connectivity index (χ0v) is 21.6. The van der Waals surface area contributed by atoms with E-state index in [1.807, 2.05) is 0 Å². The number of rotatable bonds is 9. The molecule has 3 rings (SSSR count). The number of hydrogen-bond donors (Lipinski definition) is 3. The van der Waals surface area contributed by atoms with Crippen LogP contribution in [0, 0.1) is 0 Å². The van der Waals surface area contributed by atoms with E-state index in [0.29, 0.717) is 17.2 Å². The molecule has 0 aliphatic carbocycles. The van der Waals surface area contributed by atoms with Gasteiger partial charge in [-0.25, -0.2) is 0 Å². The van der Waals surface area contributed by atoms with Crippen molar-refractivity contribution in [2.75, 3.05) is 0 Å². The first kappa shape index (κ1) is 25.7.